The molecule has 0 amide bonds. The highest BCUT2D eigenvalue weighted by Gasteiger charge is 2.69. The molecule has 2 bridgehead atoms. The van der Waals surface area contributed by atoms with Gasteiger partial charge < -0.3 is 9.84 Å². The molecule has 5 rings (SSSR count). The van der Waals surface area contributed by atoms with Crippen molar-refractivity contribution in [1.29, 1.82) is 0 Å². The Morgan fingerprint density at radius 3 is 2.52 bits per heavy atom. The van der Waals surface area contributed by atoms with Gasteiger partial charge in [0.1, 0.15) is 6.10 Å². The lowest BCUT2D eigenvalue weighted by Gasteiger charge is -2.69. The highest BCUT2D eigenvalue weighted by molar-refractivity contribution is 5.87. The highest BCUT2D eigenvalue weighted by Crippen LogP contribution is 2.72. The molecule has 0 aromatic heterocycles. The van der Waals surface area contributed by atoms with Crippen molar-refractivity contribution >= 4 is 11.9 Å². The number of carboxylic acids is 1. The predicted octanol–water partition coefficient (Wildman–Crippen LogP) is 5.53. The van der Waals surface area contributed by atoms with E-state index in [1.165, 1.54) is 5.57 Å². The van der Waals surface area contributed by atoms with Gasteiger partial charge in [-0.3, -0.25) is 4.79 Å². The molecule has 0 aromatic carbocycles. The molecule has 5 aliphatic rings. The van der Waals surface area contributed by atoms with Crippen molar-refractivity contribution in [2.45, 2.75) is 85.2 Å². The number of allylic oxidation sites excluding steroid dienone is 2. The third-order valence-corrected chi connectivity index (χ3v) is 9.66. The minimum Gasteiger partial charge on any atom is -0.481 e. The van der Waals surface area contributed by atoms with Crippen LogP contribution in [-0.4, -0.2) is 23.1 Å². The lowest BCUT2D eigenvalue weighted by molar-refractivity contribution is -0.232. The Morgan fingerprint density at radius 1 is 1.17 bits per heavy atom. The molecule has 0 aromatic rings. The molecule has 0 aliphatic heterocycles. The number of esters is 1. The largest absolute Gasteiger partial charge is 0.481 e. The van der Waals surface area contributed by atoms with Crippen LogP contribution in [0.15, 0.2) is 23.8 Å². The Hall–Kier alpha value is -1.58. The molecule has 5 aliphatic carbocycles. The first-order chi connectivity index (χ1) is 13.6. The van der Waals surface area contributed by atoms with E-state index in [4.69, 9.17) is 4.74 Å². The standard InChI is InChI=1S/C25H36O4/c1-6-15(2)21(26)29-20-13-18-23(4,9-7-10-24(18,5)22(27)28)19-12-17-8-11-25(19,20)14-16(17)3/h6,17-20H,3,7-14H2,1-2,4-5H3,(H,27,28). The Bertz CT molecular complexity index is 782. The Labute approximate surface area is 174 Å². The zero-order valence-electron chi connectivity index (χ0n) is 18.4. The van der Waals surface area contributed by atoms with Gasteiger partial charge in [0.2, 0.25) is 0 Å². The summed E-state index contributed by atoms with van der Waals surface area (Å²) in [6.45, 7) is 12.3. The quantitative estimate of drug-likeness (QED) is 0.384. The molecule has 4 nitrogen and oxygen atoms in total. The van der Waals surface area contributed by atoms with Crippen molar-refractivity contribution in [1.82, 2.24) is 0 Å². The number of fused-ring (bicyclic) bond motifs is 3. The third kappa shape index (κ3) is 2.77. The van der Waals surface area contributed by atoms with E-state index in [2.05, 4.69) is 13.5 Å². The average molecular weight is 401 g/mol. The minimum atomic E-state index is -0.747. The van der Waals surface area contributed by atoms with Crippen LogP contribution in [0, 0.1) is 34.0 Å². The fraction of sp³-hybridized carbons (Fsp3) is 0.760. The van der Waals surface area contributed by atoms with Gasteiger partial charge in [0.15, 0.2) is 0 Å². The van der Waals surface area contributed by atoms with E-state index in [9.17, 15) is 14.7 Å². The molecule has 0 saturated heterocycles. The second kappa shape index (κ2) is 6.72. The number of rotatable bonds is 3. The van der Waals surface area contributed by atoms with Crippen LogP contribution >= 0.6 is 0 Å². The highest BCUT2D eigenvalue weighted by atomic mass is 16.5. The number of carbonyl (C=O) groups is 2. The fourth-order valence-corrected chi connectivity index (χ4v) is 7.90. The summed E-state index contributed by atoms with van der Waals surface area (Å²) in [5.74, 6) is 0.0443. The zero-order valence-corrected chi connectivity index (χ0v) is 18.4. The van der Waals surface area contributed by atoms with Crippen LogP contribution in [0.25, 0.3) is 0 Å². The summed E-state index contributed by atoms with van der Waals surface area (Å²) in [5, 5.41) is 10.2. The van der Waals surface area contributed by atoms with E-state index < -0.39 is 11.4 Å². The predicted molar refractivity (Wildman–Crippen MR) is 112 cm³/mol. The Kier molecular flexibility index (Phi) is 4.79. The number of aliphatic carboxylic acids is 1. The normalized spacial score (nSPS) is 46.6. The van der Waals surface area contributed by atoms with Gasteiger partial charge in [-0.1, -0.05) is 31.6 Å². The van der Waals surface area contributed by atoms with Gasteiger partial charge in [0.25, 0.3) is 0 Å². The maximum absolute atomic E-state index is 12.8. The number of carboxylic acid groups (broad SMARTS) is 1. The molecule has 0 radical (unpaired) electrons. The first-order valence-electron chi connectivity index (χ1n) is 11.3. The minimum absolute atomic E-state index is 0.0106. The summed E-state index contributed by atoms with van der Waals surface area (Å²) in [7, 11) is 0. The Morgan fingerprint density at radius 2 is 1.90 bits per heavy atom. The summed E-state index contributed by atoms with van der Waals surface area (Å²) in [6, 6.07) is 0. The molecule has 7 unspecified atom stereocenters. The zero-order chi connectivity index (χ0) is 21.2. The van der Waals surface area contributed by atoms with Crippen molar-refractivity contribution in [3.8, 4) is 0 Å². The monoisotopic (exact) mass is 400 g/mol. The maximum atomic E-state index is 12.8. The Balaban J connectivity index is 1.79. The molecule has 1 spiro atoms. The van der Waals surface area contributed by atoms with Gasteiger partial charge >= 0.3 is 11.9 Å². The molecule has 7 atom stereocenters. The van der Waals surface area contributed by atoms with E-state index in [1.807, 2.05) is 13.8 Å². The van der Waals surface area contributed by atoms with Gasteiger partial charge in [-0.2, -0.15) is 0 Å². The number of hydrogen-bond donors (Lipinski definition) is 1. The van der Waals surface area contributed by atoms with Crippen LogP contribution in [0.3, 0.4) is 0 Å². The van der Waals surface area contributed by atoms with Crippen molar-refractivity contribution < 1.29 is 19.4 Å². The molecular weight excluding hydrogens is 364 g/mol. The molecule has 0 heterocycles. The van der Waals surface area contributed by atoms with Crippen LogP contribution in [0.1, 0.15) is 79.1 Å². The summed E-state index contributed by atoms with van der Waals surface area (Å²) < 4.78 is 6.21. The van der Waals surface area contributed by atoms with E-state index >= 15 is 0 Å². The van der Waals surface area contributed by atoms with Crippen molar-refractivity contribution in [3.63, 3.8) is 0 Å². The smallest absolute Gasteiger partial charge is 0.333 e. The number of ether oxygens (including phenoxy) is 1. The molecule has 29 heavy (non-hydrogen) atoms. The van der Waals surface area contributed by atoms with E-state index in [1.54, 1.807) is 13.0 Å². The maximum Gasteiger partial charge on any atom is 0.333 e. The molecule has 5 fully saturated rings. The van der Waals surface area contributed by atoms with Crippen LogP contribution < -0.4 is 0 Å². The van der Waals surface area contributed by atoms with Gasteiger partial charge in [0, 0.05) is 11.0 Å². The molecule has 5 saturated carbocycles. The first kappa shape index (κ1) is 20.7. The lowest BCUT2D eigenvalue weighted by Crippen LogP contribution is -2.66. The number of carbonyl (C=O) groups excluding carboxylic acids is 1. The summed E-state index contributed by atoms with van der Waals surface area (Å²) in [5.41, 5.74) is 1.11. The topological polar surface area (TPSA) is 63.6 Å². The van der Waals surface area contributed by atoms with Crippen LogP contribution in [0.5, 0.6) is 0 Å². The van der Waals surface area contributed by atoms with Crippen molar-refractivity contribution in [2.75, 3.05) is 0 Å². The summed E-state index contributed by atoms with van der Waals surface area (Å²) in [4.78, 5) is 25.2. The van der Waals surface area contributed by atoms with Gasteiger partial charge in [-0.15, -0.1) is 0 Å². The lowest BCUT2D eigenvalue weighted by atomic mass is 9.36. The first-order valence-corrected chi connectivity index (χ1v) is 11.3. The van der Waals surface area contributed by atoms with Crippen molar-refractivity contribution in [2.24, 2.45) is 34.0 Å². The van der Waals surface area contributed by atoms with E-state index in [-0.39, 0.29) is 28.8 Å². The van der Waals surface area contributed by atoms with Gasteiger partial charge in [-0.25, -0.2) is 4.79 Å². The number of hydrogen-bond acceptors (Lipinski definition) is 3. The van der Waals surface area contributed by atoms with Crippen LogP contribution in [-0.2, 0) is 14.3 Å². The summed E-state index contributed by atoms with van der Waals surface area (Å²) >= 11 is 0. The molecule has 160 valence electrons. The van der Waals surface area contributed by atoms with Gasteiger partial charge in [0.05, 0.1) is 5.41 Å². The van der Waals surface area contributed by atoms with E-state index in [0.29, 0.717) is 30.3 Å². The molecule has 4 heteroatoms. The van der Waals surface area contributed by atoms with Crippen LogP contribution in [0.4, 0.5) is 0 Å². The SMILES string of the molecule is C=C1CC23CCC1CC2C1(C)CCCC(C)(C(=O)O)C1CC3OC(=O)C(C)=CC. The second-order valence-corrected chi connectivity index (χ2v) is 10.8. The molecular formula is C25H36O4. The van der Waals surface area contributed by atoms with Crippen molar-refractivity contribution in [3.05, 3.63) is 23.8 Å². The van der Waals surface area contributed by atoms with Crippen LogP contribution in [0.2, 0.25) is 0 Å². The molecule has 1 N–H and O–H groups in total. The summed E-state index contributed by atoms with van der Waals surface area (Å²) in [6.07, 6.45) is 9.22. The second-order valence-electron chi connectivity index (χ2n) is 10.8. The van der Waals surface area contributed by atoms with E-state index in [0.717, 1.165) is 38.5 Å². The fourth-order valence-electron chi connectivity index (χ4n) is 7.90. The average Bonchev–Trinajstić information content (AvgIpc) is 2.68. The third-order valence-electron chi connectivity index (χ3n) is 9.66. The van der Waals surface area contributed by atoms with Gasteiger partial charge in [-0.05, 0) is 88.9 Å².